The van der Waals surface area contributed by atoms with Crippen LogP contribution in [0.3, 0.4) is 0 Å². The molecule has 0 aliphatic carbocycles. The van der Waals surface area contributed by atoms with Gasteiger partial charge in [0.2, 0.25) is 0 Å². The summed E-state index contributed by atoms with van der Waals surface area (Å²) in [4.78, 5) is 2.12. The first kappa shape index (κ1) is 11.3. The van der Waals surface area contributed by atoms with Gasteiger partial charge in [-0.05, 0) is 37.3 Å². The molecule has 86 valence electrons. The highest BCUT2D eigenvalue weighted by Crippen LogP contribution is 2.18. The van der Waals surface area contributed by atoms with Gasteiger partial charge in [-0.2, -0.15) is 5.26 Å². The maximum atomic E-state index is 8.73. The van der Waals surface area contributed by atoms with Crippen LogP contribution < -0.4 is 4.90 Å². The highest BCUT2D eigenvalue weighted by Gasteiger charge is 2.06. The van der Waals surface area contributed by atoms with E-state index in [0.717, 1.165) is 18.0 Å². The highest BCUT2D eigenvalue weighted by atomic mass is 16.3. The third-order valence-electron chi connectivity index (χ3n) is 2.81. The molecular weight excluding hydrogens is 212 g/mol. The summed E-state index contributed by atoms with van der Waals surface area (Å²) in [5.41, 5.74) is 2.95. The molecule has 3 nitrogen and oxygen atoms in total. The molecule has 0 amide bonds. The Morgan fingerprint density at radius 2 is 1.94 bits per heavy atom. The zero-order valence-electron chi connectivity index (χ0n) is 9.97. The fraction of sp³-hybridized carbons (Fsp3) is 0.214. The van der Waals surface area contributed by atoms with Crippen molar-refractivity contribution in [1.29, 1.82) is 5.26 Å². The molecule has 2 aromatic rings. The van der Waals surface area contributed by atoms with E-state index in [2.05, 4.69) is 11.0 Å². The molecule has 0 saturated heterocycles. The Morgan fingerprint density at radius 3 is 2.47 bits per heavy atom. The van der Waals surface area contributed by atoms with E-state index in [9.17, 15) is 0 Å². The lowest BCUT2D eigenvalue weighted by atomic mass is 10.2. The van der Waals surface area contributed by atoms with Crippen LogP contribution in [0, 0.1) is 18.3 Å². The molecule has 17 heavy (non-hydrogen) atoms. The van der Waals surface area contributed by atoms with Crippen LogP contribution in [0.25, 0.3) is 0 Å². The van der Waals surface area contributed by atoms with E-state index in [-0.39, 0.29) is 0 Å². The Bertz CT molecular complexity index is 534. The Kier molecular flexibility index (Phi) is 3.15. The standard InChI is InChI=1S/C14H14N2O/c1-11-13(7-8-17-11)10-16(2)14-5-3-12(9-15)4-6-14/h3-8H,10H2,1-2H3. The third-order valence-corrected chi connectivity index (χ3v) is 2.81. The lowest BCUT2D eigenvalue weighted by Gasteiger charge is -2.18. The van der Waals surface area contributed by atoms with Gasteiger partial charge in [0.15, 0.2) is 0 Å². The van der Waals surface area contributed by atoms with E-state index >= 15 is 0 Å². The lowest BCUT2D eigenvalue weighted by Crippen LogP contribution is -2.16. The van der Waals surface area contributed by atoms with Crippen molar-refractivity contribution in [2.75, 3.05) is 11.9 Å². The average molecular weight is 226 g/mol. The quantitative estimate of drug-likeness (QED) is 0.807. The van der Waals surface area contributed by atoms with Crippen LogP contribution in [0.15, 0.2) is 41.0 Å². The summed E-state index contributed by atoms with van der Waals surface area (Å²) >= 11 is 0. The molecule has 1 aromatic heterocycles. The molecule has 1 heterocycles. The van der Waals surface area contributed by atoms with Crippen molar-refractivity contribution in [2.24, 2.45) is 0 Å². The molecular formula is C14H14N2O. The normalized spacial score (nSPS) is 9.94. The van der Waals surface area contributed by atoms with Gasteiger partial charge in [0.05, 0.1) is 17.9 Å². The van der Waals surface area contributed by atoms with Gasteiger partial charge < -0.3 is 9.32 Å². The molecule has 3 heteroatoms. The van der Waals surface area contributed by atoms with Gasteiger partial charge in [-0.1, -0.05) is 0 Å². The van der Waals surface area contributed by atoms with Gasteiger partial charge in [-0.3, -0.25) is 0 Å². The number of nitrogens with zero attached hydrogens (tertiary/aromatic N) is 2. The van der Waals surface area contributed by atoms with Gasteiger partial charge in [-0.25, -0.2) is 0 Å². The number of hydrogen-bond donors (Lipinski definition) is 0. The van der Waals surface area contributed by atoms with Crippen LogP contribution in [0.5, 0.6) is 0 Å². The summed E-state index contributed by atoms with van der Waals surface area (Å²) in [7, 11) is 2.02. The molecule has 0 unspecified atom stereocenters. The number of hydrogen-bond acceptors (Lipinski definition) is 3. The summed E-state index contributed by atoms with van der Waals surface area (Å²) in [6, 6.07) is 11.7. The van der Waals surface area contributed by atoms with Crippen molar-refractivity contribution in [3.8, 4) is 6.07 Å². The van der Waals surface area contributed by atoms with Crippen LogP contribution >= 0.6 is 0 Å². The van der Waals surface area contributed by atoms with E-state index in [4.69, 9.17) is 9.68 Å². The molecule has 0 N–H and O–H groups in total. The Balaban J connectivity index is 2.12. The molecule has 0 fully saturated rings. The lowest BCUT2D eigenvalue weighted by molar-refractivity contribution is 0.529. The topological polar surface area (TPSA) is 40.2 Å². The van der Waals surface area contributed by atoms with Crippen LogP contribution in [0.4, 0.5) is 5.69 Å². The molecule has 0 saturated carbocycles. The number of nitriles is 1. The minimum absolute atomic E-state index is 0.682. The second-order valence-electron chi connectivity index (χ2n) is 4.02. The second-order valence-corrected chi connectivity index (χ2v) is 4.02. The summed E-state index contributed by atoms with van der Waals surface area (Å²) in [6.45, 7) is 2.76. The summed E-state index contributed by atoms with van der Waals surface area (Å²) in [5, 5.41) is 8.73. The molecule has 2 rings (SSSR count). The van der Waals surface area contributed by atoms with Crippen molar-refractivity contribution in [2.45, 2.75) is 13.5 Å². The SMILES string of the molecule is Cc1occc1CN(C)c1ccc(C#N)cc1. The molecule has 1 aromatic carbocycles. The number of rotatable bonds is 3. The summed E-state index contributed by atoms with van der Waals surface area (Å²) in [5.74, 6) is 0.950. The summed E-state index contributed by atoms with van der Waals surface area (Å²) < 4.78 is 5.27. The first-order valence-corrected chi connectivity index (χ1v) is 5.45. The molecule has 0 spiro atoms. The zero-order valence-corrected chi connectivity index (χ0v) is 9.97. The molecule has 0 bridgehead atoms. The number of aryl methyl sites for hydroxylation is 1. The van der Waals surface area contributed by atoms with Crippen LogP contribution in [-0.4, -0.2) is 7.05 Å². The molecule has 0 aliphatic heterocycles. The van der Waals surface area contributed by atoms with Crippen LogP contribution in [0.1, 0.15) is 16.9 Å². The Labute approximate surface area is 101 Å². The van der Waals surface area contributed by atoms with Crippen molar-refractivity contribution >= 4 is 5.69 Å². The van der Waals surface area contributed by atoms with Crippen molar-refractivity contribution in [1.82, 2.24) is 0 Å². The predicted octanol–water partition coefficient (Wildman–Crippen LogP) is 3.10. The van der Waals surface area contributed by atoms with Gasteiger partial charge in [0, 0.05) is 24.8 Å². The number of anilines is 1. The minimum Gasteiger partial charge on any atom is -0.469 e. The van der Waals surface area contributed by atoms with Gasteiger partial charge in [0.25, 0.3) is 0 Å². The first-order valence-electron chi connectivity index (χ1n) is 5.45. The van der Waals surface area contributed by atoms with E-state index in [0.29, 0.717) is 5.56 Å². The smallest absolute Gasteiger partial charge is 0.105 e. The van der Waals surface area contributed by atoms with Gasteiger partial charge in [0.1, 0.15) is 5.76 Å². The zero-order chi connectivity index (χ0) is 12.3. The minimum atomic E-state index is 0.682. The van der Waals surface area contributed by atoms with Crippen molar-refractivity contribution in [3.63, 3.8) is 0 Å². The van der Waals surface area contributed by atoms with E-state index in [1.165, 1.54) is 5.56 Å². The van der Waals surface area contributed by atoms with E-state index in [1.54, 1.807) is 6.26 Å². The molecule has 0 atom stereocenters. The Hall–Kier alpha value is -2.21. The third kappa shape index (κ3) is 2.48. The largest absolute Gasteiger partial charge is 0.469 e. The van der Waals surface area contributed by atoms with E-state index in [1.807, 2.05) is 44.3 Å². The van der Waals surface area contributed by atoms with Crippen molar-refractivity contribution < 1.29 is 4.42 Å². The van der Waals surface area contributed by atoms with Gasteiger partial charge >= 0.3 is 0 Å². The monoisotopic (exact) mass is 226 g/mol. The molecule has 0 aliphatic rings. The summed E-state index contributed by atoms with van der Waals surface area (Å²) in [6.07, 6.45) is 1.71. The number of benzene rings is 1. The van der Waals surface area contributed by atoms with E-state index < -0.39 is 0 Å². The van der Waals surface area contributed by atoms with Crippen LogP contribution in [-0.2, 0) is 6.54 Å². The average Bonchev–Trinajstić information content (AvgIpc) is 2.75. The molecule has 0 radical (unpaired) electrons. The predicted molar refractivity (Wildman–Crippen MR) is 66.7 cm³/mol. The Morgan fingerprint density at radius 1 is 1.24 bits per heavy atom. The first-order chi connectivity index (χ1) is 8.20. The second kappa shape index (κ2) is 4.75. The fourth-order valence-corrected chi connectivity index (χ4v) is 1.71. The number of furan rings is 1. The van der Waals surface area contributed by atoms with Crippen molar-refractivity contribution in [3.05, 3.63) is 53.5 Å². The maximum absolute atomic E-state index is 8.73. The highest BCUT2D eigenvalue weighted by molar-refractivity contribution is 5.49. The maximum Gasteiger partial charge on any atom is 0.105 e. The fourth-order valence-electron chi connectivity index (χ4n) is 1.71. The van der Waals surface area contributed by atoms with Gasteiger partial charge in [-0.15, -0.1) is 0 Å². The van der Waals surface area contributed by atoms with Crippen LogP contribution in [0.2, 0.25) is 0 Å².